The quantitative estimate of drug-likeness (QED) is 0.883. The molecule has 3 nitrogen and oxygen atoms in total. The van der Waals surface area contributed by atoms with Gasteiger partial charge in [-0.3, -0.25) is 0 Å². The first-order valence-corrected chi connectivity index (χ1v) is 7.17. The summed E-state index contributed by atoms with van der Waals surface area (Å²) in [6.07, 6.45) is 5.34. The van der Waals surface area contributed by atoms with Crippen LogP contribution in [-0.2, 0) is 6.54 Å². The first-order chi connectivity index (χ1) is 9.22. The molecule has 0 heterocycles. The second-order valence-electron chi connectivity index (χ2n) is 5.54. The summed E-state index contributed by atoms with van der Waals surface area (Å²) in [5.41, 5.74) is 1.25. The third-order valence-corrected chi connectivity index (χ3v) is 3.98. The standard InChI is InChI=1S/C16H25NO2/c1-12-5-4-6-14(9-12)17-11-13-7-8-15(18-2)16(10-13)19-3/h7-8,10,12,14,17H,4-6,9,11H2,1-3H3. The highest BCUT2D eigenvalue weighted by molar-refractivity contribution is 5.42. The van der Waals surface area contributed by atoms with E-state index in [9.17, 15) is 0 Å². The highest BCUT2D eigenvalue weighted by atomic mass is 16.5. The summed E-state index contributed by atoms with van der Waals surface area (Å²) in [4.78, 5) is 0. The molecule has 0 bridgehead atoms. The Hall–Kier alpha value is -1.22. The number of nitrogens with one attached hydrogen (secondary N) is 1. The van der Waals surface area contributed by atoms with Crippen molar-refractivity contribution in [2.75, 3.05) is 14.2 Å². The lowest BCUT2D eigenvalue weighted by molar-refractivity contribution is 0.300. The van der Waals surface area contributed by atoms with E-state index < -0.39 is 0 Å². The molecular formula is C16H25NO2. The van der Waals surface area contributed by atoms with Gasteiger partial charge in [-0.2, -0.15) is 0 Å². The van der Waals surface area contributed by atoms with Gasteiger partial charge in [0.25, 0.3) is 0 Å². The largest absolute Gasteiger partial charge is 0.493 e. The van der Waals surface area contributed by atoms with Gasteiger partial charge in [-0.05, 0) is 36.5 Å². The fourth-order valence-electron chi connectivity index (χ4n) is 2.87. The average Bonchev–Trinajstić information content (AvgIpc) is 2.45. The fraction of sp³-hybridized carbons (Fsp3) is 0.625. The minimum absolute atomic E-state index is 0.664. The van der Waals surface area contributed by atoms with Crippen molar-refractivity contribution in [2.24, 2.45) is 5.92 Å². The number of ether oxygens (including phenoxy) is 2. The SMILES string of the molecule is COc1ccc(CNC2CCCC(C)C2)cc1OC. The maximum absolute atomic E-state index is 5.33. The van der Waals surface area contributed by atoms with Crippen molar-refractivity contribution in [3.8, 4) is 11.5 Å². The zero-order valence-electron chi connectivity index (χ0n) is 12.2. The summed E-state index contributed by atoms with van der Waals surface area (Å²) < 4.78 is 10.6. The van der Waals surface area contributed by atoms with E-state index in [1.165, 1.54) is 31.2 Å². The molecule has 0 saturated heterocycles. The Labute approximate surface area is 116 Å². The molecule has 0 spiro atoms. The minimum atomic E-state index is 0.664. The molecule has 1 aromatic carbocycles. The molecular weight excluding hydrogens is 238 g/mol. The first-order valence-electron chi connectivity index (χ1n) is 7.17. The molecule has 1 aliphatic carbocycles. The van der Waals surface area contributed by atoms with E-state index in [0.29, 0.717) is 6.04 Å². The van der Waals surface area contributed by atoms with Gasteiger partial charge in [0.05, 0.1) is 14.2 Å². The fourth-order valence-corrected chi connectivity index (χ4v) is 2.87. The lowest BCUT2D eigenvalue weighted by atomic mass is 9.87. The number of rotatable bonds is 5. The lowest BCUT2D eigenvalue weighted by Crippen LogP contribution is -2.33. The van der Waals surface area contributed by atoms with Crippen LogP contribution in [0.15, 0.2) is 18.2 Å². The van der Waals surface area contributed by atoms with Crippen LogP contribution >= 0.6 is 0 Å². The zero-order valence-corrected chi connectivity index (χ0v) is 12.2. The molecule has 106 valence electrons. The van der Waals surface area contributed by atoms with Crippen LogP contribution in [0.2, 0.25) is 0 Å². The van der Waals surface area contributed by atoms with Crippen LogP contribution in [0.5, 0.6) is 11.5 Å². The van der Waals surface area contributed by atoms with E-state index in [4.69, 9.17) is 9.47 Å². The Balaban J connectivity index is 1.92. The monoisotopic (exact) mass is 263 g/mol. The van der Waals surface area contributed by atoms with Crippen molar-refractivity contribution in [3.05, 3.63) is 23.8 Å². The number of hydrogen-bond donors (Lipinski definition) is 1. The van der Waals surface area contributed by atoms with Gasteiger partial charge in [0.15, 0.2) is 11.5 Å². The van der Waals surface area contributed by atoms with Crippen molar-refractivity contribution in [1.29, 1.82) is 0 Å². The average molecular weight is 263 g/mol. The predicted octanol–water partition coefficient (Wildman–Crippen LogP) is 3.37. The van der Waals surface area contributed by atoms with E-state index in [2.05, 4.69) is 24.4 Å². The summed E-state index contributed by atoms with van der Waals surface area (Å²) in [5.74, 6) is 2.45. The Morgan fingerprint density at radius 2 is 1.95 bits per heavy atom. The van der Waals surface area contributed by atoms with Crippen molar-refractivity contribution in [1.82, 2.24) is 5.32 Å². The van der Waals surface area contributed by atoms with Crippen LogP contribution in [0.4, 0.5) is 0 Å². The van der Waals surface area contributed by atoms with Gasteiger partial charge in [0.2, 0.25) is 0 Å². The molecule has 19 heavy (non-hydrogen) atoms. The van der Waals surface area contributed by atoms with Crippen LogP contribution in [-0.4, -0.2) is 20.3 Å². The topological polar surface area (TPSA) is 30.5 Å². The maximum Gasteiger partial charge on any atom is 0.161 e. The van der Waals surface area contributed by atoms with Gasteiger partial charge in [0.1, 0.15) is 0 Å². The van der Waals surface area contributed by atoms with Gasteiger partial charge in [0, 0.05) is 12.6 Å². The lowest BCUT2D eigenvalue weighted by Gasteiger charge is -2.27. The van der Waals surface area contributed by atoms with E-state index >= 15 is 0 Å². The van der Waals surface area contributed by atoms with Crippen LogP contribution in [0, 0.1) is 5.92 Å². The van der Waals surface area contributed by atoms with E-state index in [-0.39, 0.29) is 0 Å². The molecule has 2 atom stereocenters. The van der Waals surface area contributed by atoms with E-state index in [1.807, 2.05) is 6.07 Å². The summed E-state index contributed by atoms with van der Waals surface area (Å²) in [6, 6.07) is 6.79. The van der Waals surface area contributed by atoms with Gasteiger partial charge in [-0.25, -0.2) is 0 Å². The molecule has 0 aliphatic heterocycles. The maximum atomic E-state index is 5.33. The summed E-state index contributed by atoms with van der Waals surface area (Å²) in [6.45, 7) is 3.25. The van der Waals surface area contributed by atoms with Crippen molar-refractivity contribution in [2.45, 2.75) is 45.2 Å². The molecule has 2 rings (SSSR count). The molecule has 1 aromatic rings. The molecule has 3 heteroatoms. The Morgan fingerprint density at radius 1 is 1.16 bits per heavy atom. The zero-order chi connectivity index (χ0) is 13.7. The molecule has 1 N–H and O–H groups in total. The molecule has 0 aromatic heterocycles. The normalized spacial score (nSPS) is 23.1. The molecule has 0 radical (unpaired) electrons. The van der Waals surface area contributed by atoms with Crippen LogP contribution in [0.3, 0.4) is 0 Å². The molecule has 1 fully saturated rings. The number of methoxy groups -OCH3 is 2. The molecule has 1 saturated carbocycles. The smallest absolute Gasteiger partial charge is 0.161 e. The summed E-state index contributed by atoms with van der Waals surface area (Å²) in [5, 5.41) is 3.66. The third-order valence-electron chi connectivity index (χ3n) is 3.98. The van der Waals surface area contributed by atoms with Crippen LogP contribution < -0.4 is 14.8 Å². The molecule has 1 aliphatic rings. The Morgan fingerprint density at radius 3 is 2.63 bits per heavy atom. The van der Waals surface area contributed by atoms with Crippen LogP contribution in [0.25, 0.3) is 0 Å². The second-order valence-corrected chi connectivity index (χ2v) is 5.54. The molecule has 2 unspecified atom stereocenters. The highest BCUT2D eigenvalue weighted by Gasteiger charge is 2.18. The minimum Gasteiger partial charge on any atom is -0.493 e. The first kappa shape index (κ1) is 14.2. The summed E-state index contributed by atoms with van der Waals surface area (Å²) >= 11 is 0. The van der Waals surface area contributed by atoms with E-state index in [0.717, 1.165) is 24.0 Å². The predicted molar refractivity (Wildman–Crippen MR) is 77.8 cm³/mol. The number of hydrogen-bond acceptors (Lipinski definition) is 3. The van der Waals surface area contributed by atoms with Gasteiger partial charge in [-0.15, -0.1) is 0 Å². The van der Waals surface area contributed by atoms with Crippen molar-refractivity contribution in [3.63, 3.8) is 0 Å². The third kappa shape index (κ3) is 3.87. The van der Waals surface area contributed by atoms with Crippen molar-refractivity contribution >= 4 is 0 Å². The second kappa shape index (κ2) is 6.80. The Kier molecular flexibility index (Phi) is 5.08. The number of benzene rings is 1. The van der Waals surface area contributed by atoms with Gasteiger partial charge >= 0.3 is 0 Å². The van der Waals surface area contributed by atoms with Crippen molar-refractivity contribution < 1.29 is 9.47 Å². The Bertz CT molecular complexity index is 406. The van der Waals surface area contributed by atoms with E-state index in [1.54, 1.807) is 14.2 Å². The van der Waals surface area contributed by atoms with Gasteiger partial charge < -0.3 is 14.8 Å². The molecule has 0 amide bonds. The van der Waals surface area contributed by atoms with Crippen LogP contribution in [0.1, 0.15) is 38.2 Å². The van der Waals surface area contributed by atoms with Gasteiger partial charge in [-0.1, -0.05) is 25.8 Å². The summed E-state index contributed by atoms with van der Waals surface area (Å²) in [7, 11) is 3.34. The highest BCUT2D eigenvalue weighted by Crippen LogP contribution is 2.28.